The number of fused-ring (bicyclic) bond motifs is 1. The molecule has 0 aliphatic heterocycles. The summed E-state index contributed by atoms with van der Waals surface area (Å²) < 4.78 is 79.9. The van der Waals surface area contributed by atoms with Crippen molar-refractivity contribution in [3.63, 3.8) is 0 Å². The number of halogens is 6. The van der Waals surface area contributed by atoms with Gasteiger partial charge in [-0.15, -0.1) is 0 Å². The summed E-state index contributed by atoms with van der Waals surface area (Å²) in [7, 11) is 0. The Morgan fingerprint density at radius 3 is 2.22 bits per heavy atom. The molecule has 0 radical (unpaired) electrons. The Balaban J connectivity index is 1.75. The Kier molecular flexibility index (Phi) is 8.71. The van der Waals surface area contributed by atoms with E-state index in [0.29, 0.717) is 6.54 Å². The second-order valence-electron chi connectivity index (χ2n) is 8.84. The van der Waals surface area contributed by atoms with Crippen molar-refractivity contribution in [1.82, 2.24) is 30.2 Å². The molecule has 4 rings (SSSR count). The van der Waals surface area contributed by atoms with Gasteiger partial charge in [-0.3, -0.25) is 9.78 Å². The molecule has 0 fully saturated rings. The normalized spacial score (nSPS) is 12.1. The quantitative estimate of drug-likeness (QED) is 0.238. The molecular formula is C27H25F6N7O. The number of pyridine rings is 2. The molecule has 8 nitrogen and oxygen atoms in total. The predicted octanol–water partition coefficient (Wildman–Crippen LogP) is 5.94. The Morgan fingerprint density at radius 1 is 0.878 bits per heavy atom. The summed E-state index contributed by atoms with van der Waals surface area (Å²) in [5.74, 6) is -0.955. The number of aromatic nitrogens is 4. The standard InChI is InChI=1S/C27H25F6N7O/c1-3-40(4-2)15-14-35-25(41)24-38-22(36-17-9-7-16(8-10-17)26(28,29)30)18-11-12-20(37-23(18)39-24)21-19(27(31,32)33)6-5-13-34-21/h5-13H,3-4,14-15H2,1-2H3,(H,35,41)(H,36,37,38,39). The van der Waals surface area contributed by atoms with Gasteiger partial charge < -0.3 is 15.5 Å². The van der Waals surface area contributed by atoms with Crippen molar-refractivity contribution >= 4 is 28.4 Å². The average molecular weight is 578 g/mol. The molecule has 0 unspecified atom stereocenters. The van der Waals surface area contributed by atoms with Gasteiger partial charge in [0.05, 0.1) is 22.2 Å². The first-order valence-corrected chi connectivity index (χ1v) is 12.6. The lowest BCUT2D eigenvalue weighted by atomic mass is 10.1. The molecule has 216 valence electrons. The largest absolute Gasteiger partial charge is 0.418 e. The number of rotatable bonds is 9. The number of hydrogen-bond acceptors (Lipinski definition) is 7. The van der Waals surface area contributed by atoms with Crippen LogP contribution in [-0.4, -0.2) is 56.9 Å². The molecule has 41 heavy (non-hydrogen) atoms. The smallest absolute Gasteiger partial charge is 0.348 e. The van der Waals surface area contributed by atoms with Crippen LogP contribution in [-0.2, 0) is 12.4 Å². The highest BCUT2D eigenvalue weighted by molar-refractivity contribution is 5.96. The number of alkyl halides is 6. The van der Waals surface area contributed by atoms with Gasteiger partial charge in [0.15, 0.2) is 5.65 Å². The number of nitrogens with zero attached hydrogens (tertiary/aromatic N) is 5. The number of carbonyl (C=O) groups excluding carboxylic acids is 1. The fourth-order valence-electron chi connectivity index (χ4n) is 4.00. The molecular weight excluding hydrogens is 552 g/mol. The summed E-state index contributed by atoms with van der Waals surface area (Å²) in [5, 5.41) is 5.79. The van der Waals surface area contributed by atoms with Crippen LogP contribution in [0.1, 0.15) is 35.6 Å². The Hall–Kier alpha value is -4.33. The first kappa shape index (κ1) is 29.6. The number of hydrogen-bond donors (Lipinski definition) is 2. The van der Waals surface area contributed by atoms with Gasteiger partial charge >= 0.3 is 12.4 Å². The van der Waals surface area contributed by atoms with Crippen LogP contribution in [0.2, 0.25) is 0 Å². The van der Waals surface area contributed by atoms with E-state index in [1.54, 1.807) is 0 Å². The summed E-state index contributed by atoms with van der Waals surface area (Å²) in [5.41, 5.74) is -2.32. The van der Waals surface area contributed by atoms with Gasteiger partial charge in [-0.2, -0.15) is 26.3 Å². The highest BCUT2D eigenvalue weighted by atomic mass is 19.4. The molecule has 0 saturated carbocycles. The van der Waals surface area contributed by atoms with E-state index in [0.717, 1.165) is 37.4 Å². The molecule has 4 aromatic rings. The SMILES string of the molecule is CCN(CC)CCNC(=O)c1nc(Nc2ccc(C(F)(F)F)cc2)c2ccc(-c3ncccc3C(F)(F)F)nc2n1. The zero-order valence-electron chi connectivity index (χ0n) is 21.9. The van der Waals surface area contributed by atoms with Crippen LogP contribution >= 0.6 is 0 Å². The van der Waals surface area contributed by atoms with Gasteiger partial charge in [-0.25, -0.2) is 15.0 Å². The number of carbonyl (C=O) groups is 1. The lowest BCUT2D eigenvalue weighted by molar-refractivity contribution is -0.138. The average Bonchev–Trinajstić information content (AvgIpc) is 2.94. The second kappa shape index (κ2) is 12.0. The van der Waals surface area contributed by atoms with E-state index >= 15 is 0 Å². The molecule has 0 aliphatic rings. The van der Waals surface area contributed by atoms with Crippen molar-refractivity contribution < 1.29 is 31.1 Å². The van der Waals surface area contributed by atoms with Gasteiger partial charge in [0.2, 0.25) is 5.82 Å². The molecule has 3 heterocycles. The maximum absolute atomic E-state index is 13.6. The Bertz CT molecular complexity index is 1520. The summed E-state index contributed by atoms with van der Waals surface area (Å²) >= 11 is 0. The molecule has 2 N–H and O–H groups in total. The molecule has 0 aliphatic carbocycles. The van der Waals surface area contributed by atoms with Gasteiger partial charge in [0.1, 0.15) is 11.5 Å². The minimum Gasteiger partial charge on any atom is -0.348 e. The van der Waals surface area contributed by atoms with Crippen molar-refractivity contribution in [3.8, 4) is 11.4 Å². The van der Waals surface area contributed by atoms with Crippen LogP contribution < -0.4 is 10.6 Å². The Morgan fingerprint density at radius 2 is 1.59 bits per heavy atom. The van der Waals surface area contributed by atoms with Gasteiger partial charge in [-0.05, 0) is 61.6 Å². The molecule has 1 amide bonds. The Labute approximate surface area is 230 Å². The third-order valence-corrected chi connectivity index (χ3v) is 6.20. The van der Waals surface area contributed by atoms with E-state index in [9.17, 15) is 31.1 Å². The molecule has 1 aromatic carbocycles. The highest BCUT2D eigenvalue weighted by Gasteiger charge is 2.35. The molecule has 3 aromatic heterocycles. The van der Waals surface area contributed by atoms with Crippen molar-refractivity contribution in [3.05, 3.63) is 71.7 Å². The van der Waals surface area contributed by atoms with Gasteiger partial charge in [-0.1, -0.05) is 13.8 Å². The predicted molar refractivity (Wildman–Crippen MR) is 140 cm³/mol. The van der Waals surface area contributed by atoms with Crippen LogP contribution in [0.5, 0.6) is 0 Å². The topological polar surface area (TPSA) is 95.9 Å². The molecule has 14 heteroatoms. The molecule has 0 spiro atoms. The van der Waals surface area contributed by atoms with E-state index < -0.39 is 35.1 Å². The number of nitrogens with one attached hydrogen (secondary N) is 2. The van der Waals surface area contributed by atoms with Crippen LogP contribution in [0.4, 0.5) is 37.8 Å². The van der Waals surface area contributed by atoms with Crippen LogP contribution in [0.3, 0.4) is 0 Å². The monoisotopic (exact) mass is 577 g/mol. The van der Waals surface area contributed by atoms with E-state index in [1.807, 2.05) is 13.8 Å². The van der Waals surface area contributed by atoms with Gasteiger partial charge in [0, 0.05) is 25.0 Å². The minimum atomic E-state index is -4.70. The fraction of sp³-hybridized carbons (Fsp3) is 0.296. The zero-order valence-corrected chi connectivity index (χ0v) is 21.9. The lowest BCUT2D eigenvalue weighted by Gasteiger charge is -2.18. The highest BCUT2D eigenvalue weighted by Crippen LogP contribution is 2.36. The first-order valence-electron chi connectivity index (χ1n) is 12.6. The number of benzene rings is 1. The zero-order chi connectivity index (χ0) is 29.8. The van der Waals surface area contributed by atoms with Crippen molar-refractivity contribution in [1.29, 1.82) is 0 Å². The summed E-state index contributed by atoms with van der Waals surface area (Å²) in [6.07, 6.45) is -8.03. The summed E-state index contributed by atoms with van der Waals surface area (Å²) in [6.45, 7) is 6.35. The maximum atomic E-state index is 13.6. The first-order chi connectivity index (χ1) is 19.4. The van der Waals surface area contributed by atoms with E-state index in [4.69, 9.17) is 0 Å². The molecule has 0 atom stereocenters. The van der Waals surface area contributed by atoms with Crippen LogP contribution in [0.15, 0.2) is 54.7 Å². The third-order valence-electron chi connectivity index (χ3n) is 6.20. The molecule has 0 bridgehead atoms. The summed E-state index contributed by atoms with van der Waals surface area (Å²) in [4.78, 5) is 31.6. The lowest BCUT2D eigenvalue weighted by Crippen LogP contribution is -2.35. The van der Waals surface area contributed by atoms with Crippen LogP contribution in [0.25, 0.3) is 22.4 Å². The summed E-state index contributed by atoms with van der Waals surface area (Å²) in [6, 6.07) is 8.86. The third kappa shape index (κ3) is 7.06. The maximum Gasteiger partial charge on any atom is 0.418 e. The van der Waals surface area contributed by atoms with Crippen molar-refractivity contribution in [2.45, 2.75) is 26.2 Å². The second-order valence-corrected chi connectivity index (χ2v) is 8.84. The van der Waals surface area contributed by atoms with E-state index in [-0.39, 0.29) is 40.6 Å². The number of likely N-dealkylation sites (N-methyl/N-ethyl adjacent to an activating group) is 1. The van der Waals surface area contributed by atoms with E-state index in [1.165, 1.54) is 30.5 Å². The number of amides is 1. The minimum absolute atomic E-state index is 0.0276. The van der Waals surface area contributed by atoms with Crippen molar-refractivity contribution in [2.24, 2.45) is 0 Å². The fourth-order valence-corrected chi connectivity index (χ4v) is 4.00. The van der Waals surface area contributed by atoms with Crippen LogP contribution in [0, 0.1) is 0 Å². The van der Waals surface area contributed by atoms with Crippen molar-refractivity contribution in [2.75, 3.05) is 31.5 Å². The molecule has 0 saturated heterocycles. The number of anilines is 2. The van der Waals surface area contributed by atoms with E-state index in [2.05, 4.69) is 35.5 Å². The van der Waals surface area contributed by atoms with Gasteiger partial charge in [0.25, 0.3) is 5.91 Å².